The number of carbonyl (C=O) groups excluding carboxylic acids is 1. The topological polar surface area (TPSA) is 73.2 Å². The molecule has 2 atom stereocenters. The quantitative estimate of drug-likeness (QED) is 0.763. The second-order valence-electron chi connectivity index (χ2n) is 6.53. The maximum atomic E-state index is 12.9. The van der Waals surface area contributed by atoms with Crippen LogP contribution < -0.4 is 4.74 Å². The molecule has 1 aliphatic heterocycles. The van der Waals surface area contributed by atoms with Gasteiger partial charge in [0.2, 0.25) is 0 Å². The highest BCUT2D eigenvalue weighted by Crippen LogP contribution is 2.28. The maximum Gasteiger partial charge on any atom is 0.254 e. The number of amides is 1. The molecule has 1 saturated heterocycles. The van der Waals surface area contributed by atoms with Crippen molar-refractivity contribution in [3.63, 3.8) is 0 Å². The summed E-state index contributed by atoms with van der Waals surface area (Å²) in [5.41, 5.74) is 1.49. The molecule has 0 saturated carbocycles. The van der Waals surface area contributed by atoms with Crippen LogP contribution >= 0.6 is 0 Å². The number of hydrogen-bond donors (Lipinski definition) is 2. The van der Waals surface area contributed by atoms with Gasteiger partial charge in [0.15, 0.2) is 0 Å². The number of hydrogen-bond acceptors (Lipinski definition) is 5. The molecule has 6 heteroatoms. The first kappa shape index (κ1) is 18.7. The van der Waals surface area contributed by atoms with Gasteiger partial charge in [-0.3, -0.25) is 4.79 Å². The molecule has 0 spiro atoms. The van der Waals surface area contributed by atoms with Crippen LogP contribution in [0.3, 0.4) is 0 Å². The number of rotatable bonds is 7. The summed E-state index contributed by atoms with van der Waals surface area (Å²) in [6.07, 6.45) is 0. The van der Waals surface area contributed by atoms with E-state index in [1.807, 2.05) is 42.0 Å². The van der Waals surface area contributed by atoms with Gasteiger partial charge < -0.3 is 24.7 Å². The van der Waals surface area contributed by atoms with E-state index in [2.05, 4.69) is 0 Å². The van der Waals surface area contributed by atoms with Gasteiger partial charge in [0.1, 0.15) is 5.75 Å². The molecule has 0 unspecified atom stereocenters. The molecule has 134 valence electrons. The fourth-order valence-corrected chi connectivity index (χ4v) is 3.42. The second-order valence-corrected chi connectivity index (χ2v) is 6.53. The van der Waals surface area contributed by atoms with Crippen LogP contribution in [0.25, 0.3) is 0 Å². The average Bonchev–Trinajstić information content (AvgIpc) is 2.97. The minimum Gasteiger partial charge on any atom is -0.496 e. The zero-order valence-corrected chi connectivity index (χ0v) is 14.7. The van der Waals surface area contributed by atoms with E-state index in [9.17, 15) is 9.90 Å². The largest absolute Gasteiger partial charge is 0.496 e. The smallest absolute Gasteiger partial charge is 0.254 e. The van der Waals surface area contributed by atoms with E-state index in [0.29, 0.717) is 30.9 Å². The predicted octanol–water partition coefficient (Wildman–Crippen LogP) is 0.608. The molecular weight excluding hydrogens is 308 g/mol. The third-order valence-corrected chi connectivity index (χ3v) is 4.86. The third-order valence-electron chi connectivity index (χ3n) is 4.86. The maximum absolute atomic E-state index is 12.9. The van der Waals surface area contributed by atoms with Gasteiger partial charge in [0.25, 0.3) is 5.91 Å². The minimum atomic E-state index is -0.0165. The van der Waals surface area contributed by atoms with Crippen LogP contribution in [0.15, 0.2) is 18.2 Å². The number of aliphatic hydroxyl groups excluding tert-OH is 2. The van der Waals surface area contributed by atoms with Gasteiger partial charge in [-0.05, 0) is 32.0 Å². The first-order chi connectivity index (χ1) is 11.5. The minimum absolute atomic E-state index is 0.0165. The number of nitrogens with zero attached hydrogens (tertiary/aromatic N) is 2. The molecule has 1 aliphatic rings. The molecule has 2 N–H and O–H groups in total. The van der Waals surface area contributed by atoms with Crippen molar-refractivity contribution in [3.05, 3.63) is 29.3 Å². The Morgan fingerprint density at radius 3 is 2.67 bits per heavy atom. The first-order valence-electron chi connectivity index (χ1n) is 8.35. The van der Waals surface area contributed by atoms with Gasteiger partial charge in [-0.2, -0.15) is 0 Å². The van der Waals surface area contributed by atoms with Crippen molar-refractivity contribution in [2.75, 3.05) is 53.6 Å². The standard InChI is InChI=1S/C18H28N2O4/c1-13-16(5-4-6-17(13)24-3)18(23)20-10-14(15(11-20)12-22)9-19(2)7-8-21/h4-6,14-15,21-22H,7-12H2,1-3H3/t14-,15-/m1/s1. The SMILES string of the molecule is COc1cccc(C(=O)N2C[C@@H](CN(C)CCO)[C@@H](CO)C2)c1C. The number of likely N-dealkylation sites (N-methyl/N-ethyl adjacent to an activating group) is 1. The van der Waals surface area contributed by atoms with Crippen molar-refractivity contribution in [3.8, 4) is 5.75 Å². The summed E-state index contributed by atoms with van der Waals surface area (Å²) in [5.74, 6) is 0.970. The Balaban J connectivity index is 2.11. The average molecular weight is 336 g/mol. The highest BCUT2D eigenvalue weighted by molar-refractivity contribution is 5.96. The molecule has 1 aromatic carbocycles. The summed E-state index contributed by atoms with van der Waals surface area (Å²) in [6.45, 7) is 4.60. The normalized spacial score (nSPS) is 20.7. The fraction of sp³-hybridized carbons (Fsp3) is 0.611. The monoisotopic (exact) mass is 336 g/mol. The lowest BCUT2D eigenvalue weighted by Crippen LogP contribution is -2.33. The summed E-state index contributed by atoms with van der Waals surface area (Å²) in [7, 11) is 3.54. The Morgan fingerprint density at radius 2 is 2.04 bits per heavy atom. The van der Waals surface area contributed by atoms with Crippen LogP contribution in [0.4, 0.5) is 0 Å². The van der Waals surface area contributed by atoms with Gasteiger partial charge in [0.05, 0.1) is 13.7 Å². The van der Waals surface area contributed by atoms with E-state index in [0.717, 1.165) is 12.1 Å². The molecule has 1 heterocycles. The number of aliphatic hydroxyl groups is 2. The Bertz CT molecular complexity index is 564. The Labute approximate surface area is 143 Å². The molecule has 6 nitrogen and oxygen atoms in total. The molecule has 1 fully saturated rings. The van der Waals surface area contributed by atoms with E-state index in [1.54, 1.807) is 7.11 Å². The zero-order chi connectivity index (χ0) is 17.7. The molecule has 1 aromatic rings. The molecule has 0 radical (unpaired) electrons. The number of carbonyl (C=O) groups is 1. The van der Waals surface area contributed by atoms with Crippen molar-refractivity contribution >= 4 is 5.91 Å². The lowest BCUT2D eigenvalue weighted by molar-refractivity contribution is 0.0777. The van der Waals surface area contributed by atoms with Crippen molar-refractivity contribution in [1.29, 1.82) is 0 Å². The van der Waals surface area contributed by atoms with Crippen LogP contribution in [-0.4, -0.2) is 79.5 Å². The van der Waals surface area contributed by atoms with Gasteiger partial charge in [-0.1, -0.05) is 6.07 Å². The van der Waals surface area contributed by atoms with Crippen LogP contribution in [-0.2, 0) is 0 Å². The first-order valence-corrected chi connectivity index (χ1v) is 8.35. The summed E-state index contributed by atoms with van der Waals surface area (Å²) < 4.78 is 5.30. The van der Waals surface area contributed by atoms with Crippen molar-refractivity contribution < 1.29 is 19.7 Å². The molecule has 1 amide bonds. The van der Waals surface area contributed by atoms with Gasteiger partial charge >= 0.3 is 0 Å². The highest BCUT2D eigenvalue weighted by Gasteiger charge is 2.36. The van der Waals surface area contributed by atoms with Crippen LogP contribution in [0.2, 0.25) is 0 Å². The predicted molar refractivity (Wildman–Crippen MR) is 92.3 cm³/mol. The molecule has 24 heavy (non-hydrogen) atoms. The highest BCUT2D eigenvalue weighted by atomic mass is 16.5. The number of ether oxygens (including phenoxy) is 1. The van der Waals surface area contributed by atoms with Crippen LogP contribution in [0.5, 0.6) is 5.75 Å². The van der Waals surface area contributed by atoms with Gasteiger partial charge in [-0.15, -0.1) is 0 Å². The Hall–Kier alpha value is -1.63. The Kier molecular flexibility index (Phi) is 6.60. The van der Waals surface area contributed by atoms with E-state index in [1.165, 1.54) is 0 Å². The van der Waals surface area contributed by atoms with E-state index in [4.69, 9.17) is 9.84 Å². The lowest BCUT2D eigenvalue weighted by atomic mass is 9.96. The van der Waals surface area contributed by atoms with E-state index >= 15 is 0 Å². The summed E-state index contributed by atoms with van der Waals surface area (Å²) in [5, 5.41) is 18.7. The van der Waals surface area contributed by atoms with Crippen LogP contribution in [0.1, 0.15) is 15.9 Å². The molecule has 0 aromatic heterocycles. The summed E-state index contributed by atoms with van der Waals surface area (Å²) >= 11 is 0. The lowest BCUT2D eigenvalue weighted by Gasteiger charge is -2.23. The number of likely N-dealkylation sites (tertiary alicyclic amines) is 1. The molecule has 0 aliphatic carbocycles. The Morgan fingerprint density at radius 1 is 1.33 bits per heavy atom. The summed E-state index contributed by atoms with van der Waals surface area (Å²) in [4.78, 5) is 16.7. The number of benzene rings is 1. The van der Waals surface area contributed by atoms with E-state index < -0.39 is 0 Å². The van der Waals surface area contributed by atoms with Crippen molar-refractivity contribution in [1.82, 2.24) is 9.80 Å². The molecule has 0 bridgehead atoms. The van der Waals surface area contributed by atoms with Crippen LogP contribution in [0, 0.1) is 18.8 Å². The van der Waals surface area contributed by atoms with Crippen molar-refractivity contribution in [2.24, 2.45) is 11.8 Å². The number of methoxy groups -OCH3 is 1. The zero-order valence-electron chi connectivity index (χ0n) is 14.7. The molecular formula is C18H28N2O4. The second kappa shape index (κ2) is 8.46. The molecule has 2 rings (SSSR count). The van der Waals surface area contributed by atoms with Gasteiger partial charge in [0, 0.05) is 49.8 Å². The van der Waals surface area contributed by atoms with Gasteiger partial charge in [-0.25, -0.2) is 0 Å². The fourth-order valence-electron chi connectivity index (χ4n) is 3.42. The van der Waals surface area contributed by atoms with E-state index in [-0.39, 0.29) is 31.0 Å². The summed E-state index contributed by atoms with van der Waals surface area (Å²) in [6, 6.07) is 5.49. The third kappa shape index (κ3) is 4.06. The van der Waals surface area contributed by atoms with Crippen molar-refractivity contribution in [2.45, 2.75) is 6.92 Å².